The molecule has 0 spiro atoms. The van der Waals surface area contributed by atoms with Crippen LogP contribution in [0.25, 0.3) is 0 Å². The first-order valence-corrected chi connectivity index (χ1v) is 12.4. The Morgan fingerprint density at radius 3 is 2.14 bits per heavy atom. The van der Waals surface area contributed by atoms with Crippen molar-refractivity contribution in [2.75, 3.05) is 42.2 Å². The van der Waals surface area contributed by atoms with Crippen LogP contribution in [-0.4, -0.2) is 49.3 Å². The molecule has 0 atom stereocenters. The molecule has 0 unspecified atom stereocenters. The van der Waals surface area contributed by atoms with Gasteiger partial charge >= 0.3 is 0 Å². The smallest absolute Gasteiger partial charge is 0.238 e. The zero-order valence-corrected chi connectivity index (χ0v) is 17.6. The van der Waals surface area contributed by atoms with E-state index in [1.165, 1.54) is 12.1 Å². The van der Waals surface area contributed by atoms with Gasteiger partial charge in [0.05, 0.1) is 27.1 Å². The molecule has 3 rings (SSSR count). The maximum Gasteiger partial charge on any atom is 0.238 e. The Kier molecular flexibility index (Phi) is 5.84. The van der Waals surface area contributed by atoms with Gasteiger partial charge in [-0.1, -0.05) is 0 Å². The molecule has 2 aromatic carbocycles. The van der Waals surface area contributed by atoms with Gasteiger partial charge in [0.25, 0.3) is 0 Å². The predicted octanol–water partition coefficient (Wildman–Crippen LogP) is 1.33. The maximum atomic E-state index is 12.3. The lowest BCUT2D eigenvalue weighted by molar-refractivity contribution is 0.597. The second-order valence-corrected chi connectivity index (χ2v) is 10.5. The highest BCUT2D eigenvalue weighted by Crippen LogP contribution is 2.29. The van der Waals surface area contributed by atoms with E-state index in [1.54, 1.807) is 12.1 Å². The first-order valence-electron chi connectivity index (χ1n) is 8.96. The van der Waals surface area contributed by atoms with E-state index in [0.29, 0.717) is 30.9 Å². The van der Waals surface area contributed by atoms with Gasteiger partial charge in [-0.2, -0.15) is 5.26 Å². The topological polar surface area (TPSA) is 125 Å². The van der Waals surface area contributed by atoms with Gasteiger partial charge in [-0.05, 0) is 48.9 Å². The lowest BCUT2D eigenvalue weighted by Gasteiger charge is -2.26. The summed E-state index contributed by atoms with van der Waals surface area (Å²) in [6.45, 7) is 2.64. The number of primary sulfonamides is 1. The number of nitrogens with zero attached hydrogens (tertiary/aromatic N) is 3. The van der Waals surface area contributed by atoms with Crippen molar-refractivity contribution in [2.24, 2.45) is 5.14 Å². The van der Waals surface area contributed by atoms with Crippen molar-refractivity contribution in [1.29, 1.82) is 5.26 Å². The fraction of sp³-hybridized carbons (Fsp3) is 0.316. The largest absolute Gasteiger partial charge is 0.370 e. The molecule has 0 aromatic heterocycles. The first-order chi connectivity index (χ1) is 13.6. The lowest BCUT2D eigenvalue weighted by atomic mass is 10.2. The standard InChI is InChI=1S/C19H22N4O4S2/c1-28(24,25)19-13-17(29(21,26)27)7-8-18(19)23-10-2-9-22(11-12-23)16-5-3-15(14-20)4-6-16/h3-8,13H,2,9-12H2,1H3,(H2,21,26,27). The van der Waals surface area contributed by atoms with Crippen LogP contribution in [0.3, 0.4) is 0 Å². The molecule has 0 amide bonds. The van der Waals surface area contributed by atoms with Crippen molar-refractivity contribution in [3.05, 3.63) is 48.0 Å². The summed E-state index contributed by atoms with van der Waals surface area (Å²) in [4.78, 5) is 3.86. The minimum Gasteiger partial charge on any atom is -0.370 e. The molecule has 29 heavy (non-hydrogen) atoms. The molecule has 0 saturated carbocycles. The van der Waals surface area contributed by atoms with Crippen molar-refractivity contribution in [3.8, 4) is 6.07 Å². The number of benzene rings is 2. The zero-order chi connectivity index (χ0) is 21.2. The van der Waals surface area contributed by atoms with Crippen molar-refractivity contribution in [3.63, 3.8) is 0 Å². The maximum absolute atomic E-state index is 12.3. The van der Waals surface area contributed by atoms with Gasteiger partial charge in [0.15, 0.2) is 9.84 Å². The van der Waals surface area contributed by atoms with Crippen LogP contribution in [0, 0.1) is 11.3 Å². The quantitative estimate of drug-likeness (QED) is 0.769. The Bertz CT molecular complexity index is 1150. The summed E-state index contributed by atoms with van der Waals surface area (Å²) in [5.74, 6) is 0. The highest BCUT2D eigenvalue weighted by Gasteiger charge is 2.23. The van der Waals surface area contributed by atoms with E-state index in [-0.39, 0.29) is 9.79 Å². The van der Waals surface area contributed by atoms with Crippen LogP contribution >= 0.6 is 0 Å². The van der Waals surface area contributed by atoms with Gasteiger partial charge in [-0.25, -0.2) is 22.0 Å². The summed E-state index contributed by atoms with van der Waals surface area (Å²) in [5.41, 5.74) is 2.07. The Labute approximate surface area is 171 Å². The van der Waals surface area contributed by atoms with Gasteiger partial charge in [0.2, 0.25) is 10.0 Å². The third-order valence-electron chi connectivity index (χ3n) is 4.86. The normalized spacial score (nSPS) is 15.6. The van der Waals surface area contributed by atoms with Crippen LogP contribution in [0.4, 0.5) is 11.4 Å². The molecule has 0 aliphatic carbocycles. The van der Waals surface area contributed by atoms with Crippen LogP contribution in [0.2, 0.25) is 0 Å². The Balaban J connectivity index is 1.89. The number of nitriles is 1. The number of nitrogens with two attached hydrogens (primary N) is 1. The van der Waals surface area contributed by atoms with Crippen LogP contribution < -0.4 is 14.9 Å². The molecule has 0 bridgehead atoms. The predicted molar refractivity (Wildman–Crippen MR) is 111 cm³/mol. The zero-order valence-electron chi connectivity index (χ0n) is 15.9. The molecule has 154 valence electrons. The number of anilines is 2. The van der Waals surface area contributed by atoms with Gasteiger partial charge in [0.1, 0.15) is 0 Å². The number of hydrogen-bond acceptors (Lipinski definition) is 7. The highest BCUT2D eigenvalue weighted by molar-refractivity contribution is 7.91. The molecule has 0 radical (unpaired) electrons. The Hall–Kier alpha value is -2.61. The van der Waals surface area contributed by atoms with Crippen LogP contribution in [0.1, 0.15) is 12.0 Å². The van der Waals surface area contributed by atoms with E-state index in [2.05, 4.69) is 11.0 Å². The monoisotopic (exact) mass is 434 g/mol. The minimum absolute atomic E-state index is 0.0455. The summed E-state index contributed by atoms with van der Waals surface area (Å²) < 4.78 is 47.9. The number of sulfone groups is 1. The summed E-state index contributed by atoms with van der Waals surface area (Å²) >= 11 is 0. The van der Waals surface area contributed by atoms with Crippen molar-refractivity contribution in [1.82, 2.24) is 0 Å². The minimum atomic E-state index is -4.00. The second-order valence-electron chi connectivity index (χ2n) is 6.93. The molecule has 10 heteroatoms. The van der Waals surface area contributed by atoms with Crippen LogP contribution in [-0.2, 0) is 19.9 Å². The van der Waals surface area contributed by atoms with Gasteiger partial charge < -0.3 is 9.80 Å². The van der Waals surface area contributed by atoms with Gasteiger partial charge in [-0.15, -0.1) is 0 Å². The summed E-state index contributed by atoms with van der Waals surface area (Å²) in [6, 6.07) is 13.4. The molecule has 8 nitrogen and oxygen atoms in total. The molecule has 1 aliphatic heterocycles. The average molecular weight is 435 g/mol. The third kappa shape index (κ3) is 4.87. The van der Waals surface area contributed by atoms with Crippen LogP contribution in [0.15, 0.2) is 52.3 Å². The fourth-order valence-electron chi connectivity index (χ4n) is 3.39. The summed E-state index contributed by atoms with van der Waals surface area (Å²) in [6.07, 6.45) is 1.85. The van der Waals surface area contributed by atoms with E-state index in [1.807, 2.05) is 17.0 Å². The Morgan fingerprint density at radius 1 is 0.931 bits per heavy atom. The first kappa shape index (κ1) is 21.1. The van der Waals surface area contributed by atoms with Gasteiger partial charge in [-0.3, -0.25) is 0 Å². The highest BCUT2D eigenvalue weighted by atomic mass is 32.2. The van der Waals surface area contributed by atoms with Gasteiger partial charge in [0, 0.05) is 38.1 Å². The molecule has 1 fully saturated rings. The lowest BCUT2D eigenvalue weighted by Crippen LogP contribution is -2.31. The van der Waals surface area contributed by atoms with E-state index in [4.69, 9.17) is 10.4 Å². The number of hydrogen-bond donors (Lipinski definition) is 1. The average Bonchev–Trinajstić information content (AvgIpc) is 2.92. The molecular formula is C19H22N4O4S2. The number of sulfonamides is 1. The molecule has 1 saturated heterocycles. The second kappa shape index (κ2) is 8.02. The third-order valence-corrected chi connectivity index (χ3v) is 6.89. The summed E-state index contributed by atoms with van der Waals surface area (Å²) in [5, 5.41) is 14.1. The number of rotatable bonds is 4. The molecule has 1 aliphatic rings. The molecule has 1 heterocycles. The fourth-order valence-corrected chi connectivity index (χ4v) is 4.93. The van der Waals surface area contributed by atoms with E-state index < -0.39 is 19.9 Å². The van der Waals surface area contributed by atoms with Crippen LogP contribution in [0.5, 0.6) is 0 Å². The van der Waals surface area contributed by atoms with Crippen molar-refractivity contribution >= 4 is 31.2 Å². The van der Waals surface area contributed by atoms with Crippen molar-refractivity contribution < 1.29 is 16.8 Å². The van der Waals surface area contributed by atoms with E-state index in [9.17, 15) is 16.8 Å². The van der Waals surface area contributed by atoms with Crippen molar-refractivity contribution in [2.45, 2.75) is 16.2 Å². The molecule has 2 aromatic rings. The Morgan fingerprint density at radius 2 is 1.55 bits per heavy atom. The summed E-state index contributed by atoms with van der Waals surface area (Å²) in [7, 11) is -7.66. The molecule has 2 N–H and O–H groups in total. The SMILES string of the molecule is CS(=O)(=O)c1cc(S(N)(=O)=O)ccc1N1CCCN(c2ccc(C#N)cc2)CC1. The molecular weight excluding hydrogens is 412 g/mol. The van der Waals surface area contributed by atoms with E-state index >= 15 is 0 Å². The van der Waals surface area contributed by atoms with E-state index in [0.717, 1.165) is 31.0 Å².